The summed E-state index contributed by atoms with van der Waals surface area (Å²) in [5.74, 6) is -0.634. The van der Waals surface area contributed by atoms with Crippen LogP contribution in [-0.2, 0) is 13.1 Å². The molecule has 0 aliphatic carbocycles. The normalized spacial score (nSPS) is 21.3. The van der Waals surface area contributed by atoms with Crippen LogP contribution in [0.15, 0.2) is 34.4 Å². The predicted octanol–water partition coefficient (Wildman–Crippen LogP) is 3.78. The van der Waals surface area contributed by atoms with E-state index in [0.29, 0.717) is 30.3 Å². The van der Waals surface area contributed by atoms with E-state index in [-0.39, 0.29) is 36.4 Å². The SMILES string of the molecule is C/N=C(C)\C(Cl)=C(\C)n1cc2c(n1)CN(C(=O)c1ccc(F)cc1OC[C@H]1C[C@@H](F)CN1)C2. The maximum atomic E-state index is 13.9. The number of alkyl halides is 1. The Morgan fingerprint density at radius 1 is 1.36 bits per heavy atom. The molecule has 0 bridgehead atoms. The van der Waals surface area contributed by atoms with Crippen LogP contribution in [-0.4, -0.2) is 58.7 Å². The average molecular weight is 478 g/mol. The summed E-state index contributed by atoms with van der Waals surface area (Å²) in [5.41, 5.74) is 3.40. The van der Waals surface area contributed by atoms with Gasteiger partial charge in [0.25, 0.3) is 5.91 Å². The number of halogens is 3. The minimum atomic E-state index is -0.920. The Kier molecular flexibility index (Phi) is 6.81. The standard InChI is InChI=1S/C23H26ClF2N5O2/c1-13(27-3)22(24)14(2)31-10-15-9-30(11-20(15)29-31)23(32)19-5-4-16(25)7-21(19)33-12-18-6-17(26)8-28-18/h4-5,7,10,17-18,28H,6,8-9,11-12H2,1-3H3/b22-14+,27-13-/t17-,18-/m1/s1. The molecule has 1 N–H and O–H groups in total. The number of hydrogen-bond donors (Lipinski definition) is 1. The van der Waals surface area contributed by atoms with Crippen LogP contribution in [0.3, 0.4) is 0 Å². The molecule has 7 nitrogen and oxygen atoms in total. The average Bonchev–Trinajstić information content (AvgIpc) is 3.50. The summed E-state index contributed by atoms with van der Waals surface area (Å²) < 4.78 is 34.7. The van der Waals surface area contributed by atoms with Gasteiger partial charge in [-0.25, -0.2) is 13.5 Å². The van der Waals surface area contributed by atoms with Gasteiger partial charge >= 0.3 is 0 Å². The maximum Gasteiger partial charge on any atom is 0.258 e. The smallest absolute Gasteiger partial charge is 0.258 e. The number of rotatable bonds is 6. The fraction of sp³-hybridized carbons (Fsp3) is 0.435. The summed E-state index contributed by atoms with van der Waals surface area (Å²) in [7, 11) is 1.67. The first-order valence-corrected chi connectivity index (χ1v) is 11.1. The number of aliphatic imine (C=N–C) groups is 1. The van der Waals surface area contributed by atoms with Gasteiger partial charge in [0.15, 0.2) is 0 Å². The van der Waals surface area contributed by atoms with Gasteiger partial charge in [-0.05, 0) is 32.4 Å². The minimum absolute atomic E-state index is 0.151. The van der Waals surface area contributed by atoms with Crippen LogP contribution < -0.4 is 10.1 Å². The van der Waals surface area contributed by atoms with Gasteiger partial charge in [0.2, 0.25) is 0 Å². The lowest BCUT2D eigenvalue weighted by Crippen LogP contribution is -2.30. The molecule has 2 atom stereocenters. The van der Waals surface area contributed by atoms with Crippen LogP contribution in [0.5, 0.6) is 5.75 Å². The zero-order valence-corrected chi connectivity index (χ0v) is 19.5. The van der Waals surface area contributed by atoms with Crippen LogP contribution in [0.1, 0.15) is 41.9 Å². The van der Waals surface area contributed by atoms with E-state index in [1.807, 2.05) is 20.0 Å². The molecule has 1 saturated heterocycles. The second-order valence-corrected chi connectivity index (χ2v) is 8.68. The fourth-order valence-corrected chi connectivity index (χ4v) is 4.15. The Balaban J connectivity index is 1.48. The zero-order chi connectivity index (χ0) is 23.7. The highest BCUT2D eigenvalue weighted by Gasteiger charge is 2.30. The number of carbonyl (C=O) groups is 1. The first kappa shape index (κ1) is 23.4. The summed E-state index contributed by atoms with van der Waals surface area (Å²) in [4.78, 5) is 18.9. The Morgan fingerprint density at radius 2 is 2.15 bits per heavy atom. The Bertz CT molecular complexity index is 1110. The monoisotopic (exact) mass is 477 g/mol. The van der Waals surface area contributed by atoms with Crippen molar-refractivity contribution in [2.24, 2.45) is 4.99 Å². The van der Waals surface area contributed by atoms with Crippen LogP contribution in [0.4, 0.5) is 8.78 Å². The highest BCUT2D eigenvalue weighted by Crippen LogP contribution is 2.29. The van der Waals surface area contributed by atoms with E-state index in [1.165, 1.54) is 18.2 Å². The molecule has 2 aliphatic heterocycles. The molecule has 0 unspecified atom stereocenters. The lowest BCUT2D eigenvalue weighted by molar-refractivity contribution is 0.0744. The molecular weight excluding hydrogens is 452 g/mol. The topological polar surface area (TPSA) is 71.8 Å². The van der Waals surface area contributed by atoms with E-state index in [0.717, 1.165) is 17.0 Å². The summed E-state index contributed by atoms with van der Waals surface area (Å²) in [6.45, 7) is 4.79. The number of hydrogen-bond acceptors (Lipinski definition) is 5. The van der Waals surface area contributed by atoms with E-state index in [1.54, 1.807) is 16.6 Å². The molecule has 176 valence electrons. The molecule has 0 spiro atoms. The van der Waals surface area contributed by atoms with Gasteiger partial charge in [0.1, 0.15) is 24.3 Å². The van der Waals surface area contributed by atoms with Crippen molar-refractivity contribution in [3.8, 4) is 5.75 Å². The number of benzene rings is 1. The molecule has 0 saturated carbocycles. The summed E-state index contributed by atoms with van der Waals surface area (Å²) in [6, 6.07) is 3.67. The number of allylic oxidation sites excluding steroid dienone is 2. The lowest BCUT2D eigenvalue weighted by atomic mass is 10.1. The van der Waals surface area contributed by atoms with Gasteiger partial charge in [0.05, 0.1) is 34.2 Å². The number of carbonyl (C=O) groups excluding carboxylic acids is 1. The quantitative estimate of drug-likeness (QED) is 0.643. The minimum Gasteiger partial charge on any atom is -0.491 e. The molecule has 1 aromatic carbocycles. The van der Waals surface area contributed by atoms with Crippen molar-refractivity contribution >= 4 is 28.9 Å². The van der Waals surface area contributed by atoms with Crippen molar-refractivity contribution in [2.75, 3.05) is 20.2 Å². The van der Waals surface area contributed by atoms with Crippen molar-refractivity contribution < 1.29 is 18.3 Å². The third-order valence-corrected chi connectivity index (χ3v) is 6.51. The van der Waals surface area contributed by atoms with E-state index in [2.05, 4.69) is 15.4 Å². The molecule has 1 amide bonds. The third kappa shape index (κ3) is 4.94. The van der Waals surface area contributed by atoms with E-state index in [4.69, 9.17) is 16.3 Å². The largest absolute Gasteiger partial charge is 0.491 e. The number of aromatic nitrogens is 2. The Morgan fingerprint density at radius 3 is 2.82 bits per heavy atom. The molecule has 4 rings (SSSR count). The van der Waals surface area contributed by atoms with Crippen molar-refractivity contribution in [3.05, 3.63) is 52.1 Å². The van der Waals surface area contributed by atoms with Crippen molar-refractivity contribution in [2.45, 2.75) is 45.6 Å². The summed E-state index contributed by atoms with van der Waals surface area (Å²) in [5, 5.41) is 8.12. The van der Waals surface area contributed by atoms with Crippen LogP contribution in [0.2, 0.25) is 0 Å². The fourth-order valence-electron chi connectivity index (χ4n) is 3.98. The number of nitrogens with one attached hydrogen (secondary N) is 1. The molecule has 33 heavy (non-hydrogen) atoms. The molecule has 1 aromatic heterocycles. The van der Waals surface area contributed by atoms with Gasteiger partial charge in [0, 0.05) is 44.0 Å². The van der Waals surface area contributed by atoms with Crippen LogP contribution in [0.25, 0.3) is 5.70 Å². The molecule has 1 fully saturated rings. The lowest BCUT2D eigenvalue weighted by Gasteiger charge is -2.19. The van der Waals surface area contributed by atoms with Crippen molar-refractivity contribution in [1.82, 2.24) is 20.0 Å². The molecule has 2 aliphatic rings. The maximum absolute atomic E-state index is 13.9. The highest BCUT2D eigenvalue weighted by molar-refractivity contribution is 6.45. The highest BCUT2D eigenvalue weighted by atomic mass is 35.5. The number of fused-ring (bicyclic) bond motifs is 1. The van der Waals surface area contributed by atoms with Gasteiger partial charge in [-0.15, -0.1) is 0 Å². The van der Waals surface area contributed by atoms with Gasteiger partial charge in [-0.2, -0.15) is 5.10 Å². The molecule has 0 radical (unpaired) electrons. The van der Waals surface area contributed by atoms with Crippen LogP contribution >= 0.6 is 11.6 Å². The molecule has 10 heteroatoms. The van der Waals surface area contributed by atoms with E-state index >= 15 is 0 Å². The summed E-state index contributed by atoms with van der Waals surface area (Å²) in [6.07, 6.45) is 1.26. The van der Waals surface area contributed by atoms with E-state index in [9.17, 15) is 13.6 Å². The van der Waals surface area contributed by atoms with Crippen LogP contribution in [0, 0.1) is 5.82 Å². The van der Waals surface area contributed by atoms with Gasteiger partial charge < -0.3 is 15.0 Å². The van der Waals surface area contributed by atoms with E-state index < -0.39 is 12.0 Å². The zero-order valence-electron chi connectivity index (χ0n) is 18.7. The first-order valence-electron chi connectivity index (χ1n) is 10.7. The van der Waals surface area contributed by atoms with Crippen molar-refractivity contribution in [1.29, 1.82) is 0 Å². The second-order valence-electron chi connectivity index (χ2n) is 8.30. The first-order chi connectivity index (χ1) is 15.8. The molecular formula is C23H26ClF2N5O2. The van der Waals surface area contributed by atoms with Gasteiger partial charge in [-0.1, -0.05) is 11.6 Å². The predicted molar refractivity (Wildman–Crippen MR) is 123 cm³/mol. The van der Waals surface area contributed by atoms with Gasteiger partial charge in [-0.3, -0.25) is 9.79 Å². The second kappa shape index (κ2) is 9.61. The third-order valence-electron chi connectivity index (χ3n) is 5.96. The molecule has 3 heterocycles. The summed E-state index contributed by atoms with van der Waals surface area (Å²) >= 11 is 6.37. The Labute approximate surface area is 196 Å². The molecule has 2 aromatic rings. The number of amides is 1. The number of nitrogens with zero attached hydrogens (tertiary/aromatic N) is 4. The Hall–Kier alpha value is -2.78. The number of ether oxygens (including phenoxy) is 1. The van der Waals surface area contributed by atoms with Crippen molar-refractivity contribution in [3.63, 3.8) is 0 Å².